The molecule has 1 aliphatic heterocycles. The summed E-state index contributed by atoms with van der Waals surface area (Å²) in [6.07, 6.45) is 0.865. The van der Waals surface area contributed by atoms with Gasteiger partial charge in [-0.25, -0.2) is 0 Å². The number of aryl methyl sites for hydroxylation is 2. The van der Waals surface area contributed by atoms with Crippen LogP contribution in [0.15, 0.2) is 78.4 Å². The molecule has 0 aromatic heterocycles. The Morgan fingerprint density at radius 2 is 1.71 bits per heavy atom. The van der Waals surface area contributed by atoms with Gasteiger partial charge in [-0.05, 0) is 42.7 Å². The number of Topliss-reactive ketones (excluding diaryl/α,β-unsaturated/α-hetero) is 1. The average Bonchev–Trinajstić information content (AvgIpc) is 3.04. The van der Waals surface area contributed by atoms with Gasteiger partial charge in [-0.15, -0.1) is 0 Å². The average molecular weight is 432 g/mol. The molecule has 1 fully saturated rings. The summed E-state index contributed by atoms with van der Waals surface area (Å²) in [4.78, 5) is 27.7. The van der Waals surface area contributed by atoms with E-state index in [1.165, 1.54) is 4.90 Å². The first-order chi connectivity index (χ1) is 14.9. The number of carbonyl (C=O) groups is 2. The van der Waals surface area contributed by atoms with Gasteiger partial charge >= 0.3 is 0 Å². The van der Waals surface area contributed by atoms with E-state index < -0.39 is 17.7 Å². The van der Waals surface area contributed by atoms with Gasteiger partial charge in [0.15, 0.2) is 0 Å². The molecule has 5 heteroatoms. The van der Waals surface area contributed by atoms with E-state index in [2.05, 4.69) is 0 Å². The second kappa shape index (κ2) is 8.40. The van der Waals surface area contributed by atoms with Crippen molar-refractivity contribution in [2.45, 2.75) is 26.3 Å². The second-order valence-electron chi connectivity index (χ2n) is 7.61. The molecular weight excluding hydrogens is 410 g/mol. The van der Waals surface area contributed by atoms with Crippen LogP contribution < -0.4 is 4.90 Å². The van der Waals surface area contributed by atoms with Gasteiger partial charge < -0.3 is 5.11 Å². The molecule has 31 heavy (non-hydrogen) atoms. The lowest BCUT2D eigenvalue weighted by atomic mass is 9.94. The Hall–Kier alpha value is -3.37. The summed E-state index contributed by atoms with van der Waals surface area (Å²) in [5, 5.41) is 11.6. The third kappa shape index (κ3) is 3.87. The van der Waals surface area contributed by atoms with Crippen LogP contribution >= 0.6 is 11.6 Å². The lowest BCUT2D eigenvalue weighted by Gasteiger charge is -2.26. The molecule has 3 aromatic carbocycles. The number of benzene rings is 3. The molecule has 0 bridgehead atoms. The number of halogens is 1. The quantitative estimate of drug-likeness (QED) is 0.321. The number of amides is 1. The molecule has 4 nitrogen and oxygen atoms in total. The normalized spacial score (nSPS) is 17.9. The maximum Gasteiger partial charge on any atom is 0.300 e. The fraction of sp³-hybridized carbons (Fsp3) is 0.154. The number of aliphatic hydroxyl groups excluding tert-OH is 1. The minimum absolute atomic E-state index is 0.0693. The lowest BCUT2D eigenvalue weighted by molar-refractivity contribution is -0.132. The van der Waals surface area contributed by atoms with E-state index in [4.69, 9.17) is 11.6 Å². The maximum atomic E-state index is 13.1. The van der Waals surface area contributed by atoms with Gasteiger partial charge in [-0.2, -0.15) is 0 Å². The predicted molar refractivity (Wildman–Crippen MR) is 123 cm³/mol. The minimum atomic E-state index is -0.760. The van der Waals surface area contributed by atoms with Gasteiger partial charge in [0.25, 0.3) is 11.7 Å². The number of hydrogen-bond donors (Lipinski definition) is 1. The van der Waals surface area contributed by atoms with Crippen molar-refractivity contribution in [2.24, 2.45) is 0 Å². The highest BCUT2D eigenvalue weighted by Gasteiger charge is 2.47. The standard InChI is InChI=1S/C26H22ClNO3/c1-3-17-10-12-18(13-11-17)24(29)22-23(19-7-4-6-16(2)14-19)28(26(31)25(22)30)21-9-5-8-20(27)15-21/h4-15,23,29H,3H2,1-2H3/b24-22+. The van der Waals surface area contributed by atoms with Gasteiger partial charge in [-0.1, -0.05) is 78.7 Å². The SMILES string of the molecule is CCc1ccc(/C(O)=C2\C(=O)C(=O)N(c3cccc(Cl)c3)C2c2cccc(C)c2)cc1. The molecule has 1 unspecified atom stereocenters. The third-order valence-electron chi connectivity index (χ3n) is 5.52. The topological polar surface area (TPSA) is 57.6 Å². The van der Waals surface area contributed by atoms with Crippen LogP contribution in [0.2, 0.25) is 5.02 Å². The molecular formula is C26H22ClNO3. The van der Waals surface area contributed by atoms with Gasteiger partial charge in [0.2, 0.25) is 0 Å². The Morgan fingerprint density at radius 1 is 1.00 bits per heavy atom. The van der Waals surface area contributed by atoms with E-state index in [1.54, 1.807) is 36.4 Å². The summed E-state index contributed by atoms with van der Waals surface area (Å²) in [5.41, 5.74) is 3.92. The maximum absolute atomic E-state index is 13.1. The van der Waals surface area contributed by atoms with E-state index in [-0.39, 0.29) is 11.3 Å². The van der Waals surface area contributed by atoms with Crippen LogP contribution in [0.4, 0.5) is 5.69 Å². The largest absolute Gasteiger partial charge is 0.507 e. The highest BCUT2D eigenvalue weighted by atomic mass is 35.5. The van der Waals surface area contributed by atoms with E-state index in [9.17, 15) is 14.7 Å². The molecule has 3 aromatic rings. The van der Waals surface area contributed by atoms with Gasteiger partial charge in [0.1, 0.15) is 5.76 Å². The van der Waals surface area contributed by atoms with Crippen molar-refractivity contribution in [3.8, 4) is 0 Å². The number of ketones is 1. The molecule has 1 amide bonds. The van der Waals surface area contributed by atoms with E-state index in [0.29, 0.717) is 16.3 Å². The summed E-state index contributed by atoms with van der Waals surface area (Å²) in [6.45, 7) is 3.99. The summed E-state index contributed by atoms with van der Waals surface area (Å²) in [7, 11) is 0. The van der Waals surface area contributed by atoms with Crippen LogP contribution in [-0.2, 0) is 16.0 Å². The number of rotatable bonds is 4. The first kappa shape index (κ1) is 20.9. The van der Waals surface area contributed by atoms with Gasteiger partial charge in [0.05, 0.1) is 11.6 Å². The minimum Gasteiger partial charge on any atom is -0.507 e. The molecule has 0 radical (unpaired) electrons. The fourth-order valence-electron chi connectivity index (χ4n) is 3.93. The smallest absolute Gasteiger partial charge is 0.300 e. The van der Waals surface area contributed by atoms with Crippen molar-refractivity contribution in [3.63, 3.8) is 0 Å². The van der Waals surface area contributed by atoms with E-state index in [0.717, 1.165) is 23.1 Å². The molecule has 1 heterocycles. The summed E-state index contributed by atoms with van der Waals surface area (Å²) < 4.78 is 0. The Balaban J connectivity index is 1.94. The third-order valence-corrected chi connectivity index (χ3v) is 5.76. The number of hydrogen-bond acceptors (Lipinski definition) is 3. The molecule has 1 saturated heterocycles. The molecule has 4 rings (SSSR count). The van der Waals surface area contributed by atoms with Crippen molar-refractivity contribution < 1.29 is 14.7 Å². The number of carbonyl (C=O) groups excluding carboxylic acids is 2. The monoisotopic (exact) mass is 431 g/mol. The molecule has 0 aliphatic carbocycles. The van der Waals surface area contributed by atoms with E-state index in [1.807, 2.05) is 50.2 Å². The molecule has 156 valence electrons. The fourth-order valence-corrected chi connectivity index (χ4v) is 4.12. The van der Waals surface area contributed by atoms with Gasteiger partial charge in [-0.3, -0.25) is 14.5 Å². The number of aliphatic hydroxyl groups is 1. The zero-order valence-electron chi connectivity index (χ0n) is 17.3. The zero-order chi connectivity index (χ0) is 22.1. The summed E-state index contributed by atoms with van der Waals surface area (Å²) in [5.74, 6) is -1.60. The second-order valence-corrected chi connectivity index (χ2v) is 8.05. The number of anilines is 1. The molecule has 0 saturated carbocycles. The molecule has 0 spiro atoms. The molecule has 1 N–H and O–H groups in total. The van der Waals surface area contributed by atoms with Crippen LogP contribution in [0.25, 0.3) is 5.76 Å². The Bertz CT molecular complexity index is 1200. The van der Waals surface area contributed by atoms with Crippen molar-refractivity contribution in [2.75, 3.05) is 4.90 Å². The van der Waals surface area contributed by atoms with Crippen molar-refractivity contribution in [1.29, 1.82) is 0 Å². The number of nitrogens with zero attached hydrogens (tertiary/aromatic N) is 1. The van der Waals surface area contributed by atoms with Gasteiger partial charge in [0, 0.05) is 16.3 Å². The Morgan fingerprint density at radius 3 is 2.35 bits per heavy atom. The first-order valence-corrected chi connectivity index (χ1v) is 10.5. The highest BCUT2D eigenvalue weighted by Crippen LogP contribution is 2.42. The van der Waals surface area contributed by atoms with Crippen LogP contribution in [0.1, 0.15) is 35.2 Å². The van der Waals surface area contributed by atoms with Crippen LogP contribution in [0.3, 0.4) is 0 Å². The van der Waals surface area contributed by atoms with Crippen LogP contribution in [0, 0.1) is 6.92 Å². The Labute approximate surface area is 186 Å². The highest BCUT2D eigenvalue weighted by molar-refractivity contribution is 6.51. The van der Waals surface area contributed by atoms with Crippen molar-refractivity contribution >= 4 is 34.7 Å². The van der Waals surface area contributed by atoms with Crippen LogP contribution in [-0.4, -0.2) is 16.8 Å². The first-order valence-electron chi connectivity index (χ1n) is 10.1. The van der Waals surface area contributed by atoms with Crippen molar-refractivity contribution in [1.82, 2.24) is 0 Å². The van der Waals surface area contributed by atoms with E-state index >= 15 is 0 Å². The predicted octanol–water partition coefficient (Wildman–Crippen LogP) is 5.84. The summed E-state index contributed by atoms with van der Waals surface area (Å²) in [6, 6.07) is 21.0. The van der Waals surface area contributed by atoms with Crippen molar-refractivity contribution in [3.05, 3.63) is 106 Å². The summed E-state index contributed by atoms with van der Waals surface area (Å²) >= 11 is 6.17. The van der Waals surface area contributed by atoms with Crippen LogP contribution in [0.5, 0.6) is 0 Å². The molecule has 1 aliphatic rings. The lowest BCUT2D eigenvalue weighted by Crippen LogP contribution is -2.29. The zero-order valence-corrected chi connectivity index (χ0v) is 18.1. The molecule has 1 atom stereocenters. The Kier molecular flexibility index (Phi) is 5.66.